The molecule has 1 unspecified atom stereocenters. The summed E-state index contributed by atoms with van der Waals surface area (Å²) in [6.45, 7) is 3.29. The lowest BCUT2D eigenvalue weighted by atomic mass is 9.98. The van der Waals surface area contributed by atoms with Gasteiger partial charge in [-0.25, -0.2) is 17.9 Å². The maximum atomic E-state index is 12.2. The zero-order valence-corrected chi connectivity index (χ0v) is 17.6. The summed E-state index contributed by atoms with van der Waals surface area (Å²) in [4.78, 5) is 11.1. The van der Waals surface area contributed by atoms with Crippen molar-refractivity contribution in [1.29, 1.82) is 5.26 Å². The minimum Gasteiger partial charge on any atom is -0.489 e. The number of nitrogens with zero attached hydrogens (tertiary/aromatic N) is 1. The molecule has 1 aliphatic rings. The smallest absolute Gasteiger partial charge is 0.335 e. The lowest BCUT2D eigenvalue weighted by molar-refractivity contribution is 0.0697. The van der Waals surface area contributed by atoms with E-state index in [0.29, 0.717) is 11.3 Å². The molecule has 2 atom stereocenters. The number of ether oxygens (including phenoxy) is 1. The molecule has 0 spiro atoms. The molecule has 158 valence electrons. The summed E-state index contributed by atoms with van der Waals surface area (Å²) >= 11 is 0. The Balaban J connectivity index is 1.75. The molecule has 0 aliphatic heterocycles. The number of nitriles is 1. The fourth-order valence-electron chi connectivity index (χ4n) is 3.46. The molecule has 2 aromatic rings. The molecular weight excluding hydrogens is 404 g/mol. The van der Waals surface area contributed by atoms with E-state index in [-0.39, 0.29) is 23.3 Å². The molecule has 8 heteroatoms. The third-order valence-corrected chi connectivity index (χ3v) is 7.10. The highest BCUT2D eigenvalue weighted by atomic mass is 32.2. The van der Waals surface area contributed by atoms with Crippen LogP contribution >= 0.6 is 0 Å². The Morgan fingerprint density at radius 1 is 1.20 bits per heavy atom. The molecule has 0 bridgehead atoms. The van der Waals surface area contributed by atoms with Crippen LogP contribution in [0.2, 0.25) is 0 Å². The van der Waals surface area contributed by atoms with Crippen LogP contribution in [0, 0.1) is 11.3 Å². The van der Waals surface area contributed by atoms with Crippen LogP contribution in [0.1, 0.15) is 49.0 Å². The molecule has 3 rings (SSSR count). The molecule has 1 saturated carbocycles. The average Bonchev–Trinajstić information content (AvgIpc) is 3.13. The van der Waals surface area contributed by atoms with Crippen LogP contribution < -0.4 is 9.46 Å². The number of rotatable bonds is 7. The van der Waals surface area contributed by atoms with Crippen molar-refractivity contribution < 1.29 is 23.1 Å². The number of carboxylic acid groups (broad SMARTS) is 1. The number of carboxylic acids is 1. The molecule has 0 amide bonds. The molecule has 2 aromatic carbocycles. The van der Waals surface area contributed by atoms with E-state index in [0.717, 1.165) is 24.8 Å². The van der Waals surface area contributed by atoms with Gasteiger partial charge in [0.1, 0.15) is 11.9 Å². The number of hydrogen-bond donors (Lipinski definition) is 2. The van der Waals surface area contributed by atoms with E-state index in [2.05, 4.69) is 4.72 Å². The molecular formula is C22H24N2O5S. The van der Waals surface area contributed by atoms with Crippen LogP contribution in [0.15, 0.2) is 42.5 Å². The van der Waals surface area contributed by atoms with Gasteiger partial charge in [-0.3, -0.25) is 0 Å². The first-order valence-electron chi connectivity index (χ1n) is 9.77. The fourth-order valence-corrected chi connectivity index (χ4v) is 4.42. The first-order valence-corrected chi connectivity index (χ1v) is 11.3. The quantitative estimate of drug-likeness (QED) is 0.697. The van der Waals surface area contributed by atoms with E-state index < -0.39 is 21.2 Å². The van der Waals surface area contributed by atoms with Gasteiger partial charge in [0, 0.05) is 0 Å². The molecule has 30 heavy (non-hydrogen) atoms. The van der Waals surface area contributed by atoms with Crippen molar-refractivity contribution in [3.05, 3.63) is 53.6 Å². The Labute approximate surface area is 176 Å². The van der Waals surface area contributed by atoms with Crippen molar-refractivity contribution >= 4 is 16.0 Å². The lowest BCUT2D eigenvalue weighted by Crippen LogP contribution is -2.44. The van der Waals surface area contributed by atoms with Gasteiger partial charge >= 0.3 is 5.97 Å². The van der Waals surface area contributed by atoms with Crippen molar-refractivity contribution in [3.8, 4) is 22.9 Å². The number of sulfonamides is 1. The maximum absolute atomic E-state index is 12.2. The zero-order chi connectivity index (χ0) is 21.9. The summed E-state index contributed by atoms with van der Waals surface area (Å²) in [7, 11) is -3.37. The van der Waals surface area contributed by atoms with E-state index in [1.165, 1.54) is 12.1 Å². The predicted molar refractivity (Wildman–Crippen MR) is 113 cm³/mol. The van der Waals surface area contributed by atoms with Crippen LogP contribution in [0.3, 0.4) is 0 Å². The van der Waals surface area contributed by atoms with Crippen LogP contribution in [0.4, 0.5) is 0 Å². The molecule has 0 heterocycles. The van der Waals surface area contributed by atoms with Crippen molar-refractivity contribution in [2.45, 2.75) is 50.5 Å². The van der Waals surface area contributed by atoms with E-state index in [9.17, 15) is 18.5 Å². The second kappa shape index (κ2) is 8.86. The van der Waals surface area contributed by atoms with Crippen LogP contribution in [-0.4, -0.2) is 36.9 Å². The first kappa shape index (κ1) is 21.8. The van der Waals surface area contributed by atoms with Crippen LogP contribution in [-0.2, 0) is 10.0 Å². The Morgan fingerprint density at radius 3 is 2.50 bits per heavy atom. The number of benzene rings is 2. The predicted octanol–water partition coefficient (Wildman–Crippen LogP) is 3.55. The van der Waals surface area contributed by atoms with E-state index in [1.54, 1.807) is 44.2 Å². The summed E-state index contributed by atoms with van der Waals surface area (Å²) in [5.74, 6) is -0.471. The van der Waals surface area contributed by atoms with Crippen molar-refractivity contribution in [2.75, 3.05) is 0 Å². The van der Waals surface area contributed by atoms with E-state index >= 15 is 0 Å². The van der Waals surface area contributed by atoms with Gasteiger partial charge in [0.05, 0.1) is 28.5 Å². The highest BCUT2D eigenvalue weighted by Gasteiger charge is 2.33. The SMILES string of the molecule is CC(C)S(=O)(=O)NC1CCC[C@H]1Oc1ccc(-c2ccc(C(=O)O)cc2C#N)cc1. The number of nitrogens with one attached hydrogen (secondary N) is 1. The number of hydrogen-bond acceptors (Lipinski definition) is 5. The third kappa shape index (κ3) is 4.81. The normalized spacial score (nSPS) is 18.9. The zero-order valence-electron chi connectivity index (χ0n) is 16.8. The maximum Gasteiger partial charge on any atom is 0.335 e. The summed E-state index contributed by atoms with van der Waals surface area (Å²) in [6, 6.07) is 13.4. The lowest BCUT2D eigenvalue weighted by Gasteiger charge is -2.23. The third-order valence-electron chi connectivity index (χ3n) is 5.23. The minimum atomic E-state index is -3.37. The van der Waals surface area contributed by atoms with Gasteiger partial charge in [-0.2, -0.15) is 5.26 Å². The van der Waals surface area contributed by atoms with Gasteiger partial charge in [0.15, 0.2) is 0 Å². The standard InChI is InChI=1S/C22H24N2O5S/c1-14(2)30(27,28)24-20-4-3-5-21(20)29-18-9-6-15(7-10-18)19-11-8-16(22(25)26)12-17(19)13-23/h6-12,14,20-21,24H,3-5H2,1-2H3,(H,25,26)/t20?,21-/m1/s1. The summed E-state index contributed by atoms with van der Waals surface area (Å²) in [6.07, 6.45) is 2.14. The molecule has 0 radical (unpaired) electrons. The van der Waals surface area contributed by atoms with Gasteiger partial charge < -0.3 is 9.84 Å². The van der Waals surface area contributed by atoms with Crippen LogP contribution in [0.25, 0.3) is 11.1 Å². The molecule has 7 nitrogen and oxygen atoms in total. The van der Waals surface area contributed by atoms with E-state index in [1.807, 2.05) is 6.07 Å². The van der Waals surface area contributed by atoms with Crippen LogP contribution in [0.5, 0.6) is 5.75 Å². The second-order valence-electron chi connectivity index (χ2n) is 7.61. The molecule has 0 saturated heterocycles. The van der Waals surface area contributed by atoms with Crippen molar-refractivity contribution in [1.82, 2.24) is 4.72 Å². The van der Waals surface area contributed by atoms with E-state index in [4.69, 9.17) is 9.84 Å². The van der Waals surface area contributed by atoms with Crippen molar-refractivity contribution in [3.63, 3.8) is 0 Å². The minimum absolute atomic E-state index is 0.0615. The monoisotopic (exact) mass is 428 g/mol. The Morgan fingerprint density at radius 2 is 1.90 bits per heavy atom. The Kier molecular flexibility index (Phi) is 6.44. The molecule has 1 aliphatic carbocycles. The summed E-state index contributed by atoms with van der Waals surface area (Å²) in [5.41, 5.74) is 1.74. The Hall–Kier alpha value is -2.89. The van der Waals surface area contributed by atoms with Gasteiger partial charge in [-0.05, 0) is 68.5 Å². The number of carbonyl (C=O) groups is 1. The summed E-state index contributed by atoms with van der Waals surface area (Å²) in [5, 5.41) is 18.0. The first-order chi connectivity index (χ1) is 14.2. The van der Waals surface area contributed by atoms with Gasteiger partial charge in [0.2, 0.25) is 10.0 Å². The average molecular weight is 429 g/mol. The topological polar surface area (TPSA) is 116 Å². The van der Waals surface area contributed by atoms with Crippen molar-refractivity contribution in [2.24, 2.45) is 0 Å². The fraction of sp³-hybridized carbons (Fsp3) is 0.364. The van der Waals surface area contributed by atoms with Gasteiger partial charge in [-0.1, -0.05) is 18.2 Å². The second-order valence-corrected chi connectivity index (χ2v) is 9.88. The van der Waals surface area contributed by atoms with Gasteiger partial charge in [0.25, 0.3) is 0 Å². The van der Waals surface area contributed by atoms with Gasteiger partial charge in [-0.15, -0.1) is 0 Å². The summed E-state index contributed by atoms with van der Waals surface area (Å²) < 4.78 is 33.2. The molecule has 0 aromatic heterocycles. The Bertz CT molecular complexity index is 1070. The molecule has 1 fully saturated rings. The largest absolute Gasteiger partial charge is 0.489 e. The number of aromatic carboxylic acids is 1. The highest BCUT2D eigenvalue weighted by molar-refractivity contribution is 7.90. The highest BCUT2D eigenvalue weighted by Crippen LogP contribution is 2.29. The molecule has 2 N–H and O–H groups in total.